The lowest BCUT2D eigenvalue weighted by molar-refractivity contribution is 0.101. The molecule has 19 heavy (non-hydrogen) atoms. The van der Waals surface area contributed by atoms with E-state index < -0.39 is 5.91 Å². The Morgan fingerprint density at radius 2 is 2.00 bits per heavy atom. The first-order valence-corrected chi connectivity index (χ1v) is 5.63. The number of phenolic OH excluding ortho intramolecular Hbond substituents is 1. The molecule has 2 N–H and O–H groups in total. The number of hydrogen-bond acceptors (Lipinski definition) is 4. The second kappa shape index (κ2) is 5.30. The Balaban J connectivity index is 2.26. The normalized spacial score (nSPS) is 9.95. The molecule has 2 aromatic rings. The summed E-state index contributed by atoms with van der Waals surface area (Å²) in [7, 11) is 0. The number of benzene rings is 1. The van der Waals surface area contributed by atoms with Crippen molar-refractivity contribution in [2.45, 2.75) is 6.92 Å². The van der Waals surface area contributed by atoms with Crippen LogP contribution in [0.1, 0.15) is 27.6 Å². The van der Waals surface area contributed by atoms with Gasteiger partial charge in [0.15, 0.2) is 5.78 Å². The Morgan fingerprint density at radius 1 is 1.21 bits per heavy atom. The summed E-state index contributed by atoms with van der Waals surface area (Å²) in [6.07, 6.45) is 2.98. The predicted octanol–water partition coefficient (Wildman–Crippen LogP) is 2.24. The number of amides is 1. The summed E-state index contributed by atoms with van der Waals surface area (Å²) in [5, 5.41) is 12.2. The van der Waals surface area contributed by atoms with E-state index in [1.165, 1.54) is 31.3 Å². The van der Waals surface area contributed by atoms with Crippen LogP contribution in [0.2, 0.25) is 0 Å². The predicted molar refractivity (Wildman–Crippen MR) is 70.3 cm³/mol. The van der Waals surface area contributed by atoms with Crippen molar-refractivity contribution in [3.8, 4) is 5.75 Å². The highest BCUT2D eigenvalue weighted by Crippen LogP contribution is 2.24. The van der Waals surface area contributed by atoms with Crippen LogP contribution in [0, 0.1) is 0 Å². The average molecular weight is 256 g/mol. The van der Waals surface area contributed by atoms with E-state index in [1.54, 1.807) is 18.3 Å². The van der Waals surface area contributed by atoms with Crippen LogP contribution in [0.3, 0.4) is 0 Å². The highest BCUT2D eigenvalue weighted by Gasteiger charge is 2.10. The van der Waals surface area contributed by atoms with Crippen molar-refractivity contribution in [3.05, 3.63) is 53.9 Å². The largest absolute Gasteiger partial charge is 0.506 e. The number of rotatable bonds is 3. The molecule has 0 atom stereocenters. The maximum atomic E-state index is 11.9. The van der Waals surface area contributed by atoms with Crippen molar-refractivity contribution in [1.29, 1.82) is 0 Å². The monoisotopic (exact) mass is 256 g/mol. The van der Waals surface area contributed by atoms with Gasteiger partial charge in [0.25, 0.3) is 5.91 Å². The van der Waals surface area contributed by atoms with Crippen molar-refractivity contribution >= 4 is 17.4 Å². The number of phenols is 1. The Morgan fingerprint density at radius 3 is 2.63 bits per heavy atom. The summed E-state index contributed by atoms with van der Waals surface area (Å²) in [4.78, 5) is 27.0. The summed E-state index contributed by atoms with van der Waals surface area (Å²) in [5.74, 6) is -0.636. The number of carbonyl (C=O) groups is 2. The fraction of sp³-hybridized carbons (Fsp3) is 0.0714. The molecule has 1 amide bonds. The molecule has 0 saturated carbocycles. The molecule has 0 fully saturated rings. The maximum Gasteiger partial charge on any atom is 0.257 e. The van der Waals surface area contributed by atoms with Gasteiger partial charge in [-0.2, -0.15) is 0 Å². The first kappa shape index (κ1) is 12.8. The third-order valence-electron chi connectivity index (χ3n) is 2.58. The fourth-order valence-corrected chi connectivity index (χ4v) is 1.55. The minimum atomic E-state index is -0.399. The second-order valence-corrected chi connectivity index (χ2v) is 3.98. The molecule has 5 nitrogen and oxygen atoms in total. The number of carbonyl (C=O) groups excluding carboxylic acids is 2. The van der Waals surface area contributed by atoms with Gasteiger partial charge in [0, 0.05) is 18.0 Å². The second-order valence-electron chi connectivity index (χ2n) is 3.98. The SMILES string of the molecule is CC(=O)c1ccc(O)c(NC(=O)c2cccnc2)c1. The minimum absolute atomic E-state index is 0.0951. The van der Waals surface area contributed by atoms with E-state index in [9.17, 15) is 14.7 Å². The molecule has 0 unspecified atom stereocenters. The summed E-state index contributed by atoms with van der Waals surface area (Å²) >= 11 is 0. The van der Waals surface area contributed by atoms with E-state index in [0.717, 1.165) is 0 Å². The molecule has 1 aromatic carbocycles. The van der Waals surface area contributed by atoms with Crippen LogP contribution < -0.4 is 5.32 Å². The third-order valence-corrected chi connectivity index (χ3v) is 2.58. The molecular weight excluding hydrogens is 244 g/mol. The summed E-state index contributed by atoms with van der Waals surface area (Å²) < 4.78 is 0. The lowest BCUT2D eigenvalue weighted by atomic mass is 10.1. The fourth-order valence-electron chi connectivity index (χ4n) is 1.55. The highest BCUT2D eigenvalue weighted by molar-refractivity contribution is 6.05. The molecule has 2 rings (SSSR count). The minimum Gasteiger partial charge on any atom is -0.506 e. The van der Waals surface area contributed by atoms with Crippen molar-refractivity contribution in [1.82, 2.24) is 4.98 Å². The molecule has 1 heterocycles. The van der Waals surface area contributed by atoms with Crippen molar-refractivity contribution in [3.63, 3.8) is 0 Å². The van der Waals surface area contributed by atoms with Crippen LogP contribution in [-0.2, 0) is 0 Å². The summed E-state index contributed by atoms with van der Waals surface area (Å²) in [5.41, 5.74) is 0.982. The van der Waals surface area contributed by atoms with Crippen LogP contribution >= 0.6 is 0 Å². The van der Waals surface area contributed by atoms with E-state index in [1.807, 2.05) is 0 Å². The van der Waals surface area contributed by atoms with Crippen LogP contribution in [-0.4, -0.2) is 21.8 Å². The van der Waals surface area contributed by atoms with Gasteiger partial charge in [-0.05, 0) is 37.3 Å². The number of ketones is 1. The highest BCUT2D eigenvalue weighted by atomic mass is 16.3. The summed E-state index contributed by atoms with van der Waals surface area (Å²) in [6, 6.07) is 7.55. The topological polar surface area (TPSA) is 79.3 Å². The number of aromatic hydroxyl groups is 1. The van der Waals surface area contributed by atoms with Gasteiger partial charge in [0.1, 0.15) is 5.75 Å². The van der Waals surface area contributed by atoms with Crippen molar-refractivity contribution in [2.24, 2.45) is 0 Å². The first-order chi connectivity index (χ1) is 9.08. The van der Waals surface area contributed by atoms with Crippen molar-refractivity contribution in [2.75, 3.05) is 5.32 Å². The van der Waals surface area contributed by atoms with Gasteiger partial charge >= 0.3 is 0 Å². The quantitative estimate of drug-likeness (QED) is 0.652. The molecule has 0 aliphatic heterocycles. The van der Waals surface area contributed by atoms with Crippen LogP contribution in [0.25, 0.3) is 0 Å². The molecule has 0 saturated heterocycles. The molecular formula is C14H12N2O3. The van der Waals surface area contributed by atoms with Crippen LogP contribution in [0.4, 0.5) is 5.69 Å². The molecule has 5 heteroatoms. The number of Topliss-reactive ketones (excluding diaryl/α,β-unsaturated/α-hetero) is 1. The zero-order valence-electron chi connectivity index (χ0n) is 10.3. The average Bonchev–Trinajstić information content (AvgIpc) is 2.42. The maximum absolute atomic E-state index is 11.9. The Labute approximate surface area is 109 Å². The number of aromatic nitrogens is 1. The van der Waals surface area contributed by atoms with E-state index in [-0.39, 0.29) is 17.2 Å². The van der Waals surface area contributed by atoms with E-state index in [2.05, 4.69) is 10.3 Å². The van der Waals surface area contributed by atoms with E-state index in [0.29, 0.717) is 11.1 Å². The molecule has 96 valence electrons. The third kappa shape index (κ3) is 2.95. The Bertz CT molecular complexity index is 624. The van der Waals surface area contributed by atoms with Crippen LogP contribution in [0.15, 0.2) is 42.7 Å². The number of nitrogens with zero attached hydrogens (tertiary/aromatic N) is 1. The van der Waals surface area contributed by atoms with Gasteiger partial charge in [-0.1, -0.05) is 0 Å². The Kier molecular flexibility index (Phi) is 3.56. The van der Waals surface area contributed by atoms with Gasteiger partial charge in [-0.3, -0.25) is 14.6 Å². The lowest BCUT2D eigenvalue weighted by Gasteiger charge is -2.08. The van der Waals surface area contributed by atoms with E-state index in [4.69, 9.17) is 0 Å². The van der Waals surface area contributed by atoms with Gasteiger partial charge in [-0.25, -0.2) is 0 Å². The zero-order chi connectivity index (χ0) is 13.8. The summed E-state index contributed by atoms with van der Waals surface area (Å²) in [6.45, 7) is 1.42. The first-order valence-electron chi connectivity index (χ1n) is 5.63. The van der Waals surface area contributed by atoms with Gasteiger partial charge in [-0.15, -0.1) is 0 Å². The van der Waals surface area contributed by atoms with Gasteiger partial charge in [0.2, 0.25) is 0 Å². The molecule has 0 bridgehead atoms. The number of anilines is 1. The smallest absolute Gasteiger partial charge is 0.257 e. The number of pyridine rings is 1. The molecule has 0 aliphatic carbocycles. The molecule has 1 aromatic heterocycles. The molecule has 0 radical (unpaired) electrons. The standard InChI is InChI=1S/C14H12N2O3/c1-9(17)10-4-5-13(18)12(7-10)16-14(19)11-3-2-6-15-8-11/h2-8,18H,1H3,(H,16,19). The number of nitrogens with one attached hydrogen (secondary N) is 1. The van der Waals surface area contributed by atoms with Crippen LogP contribution in [0.5, 0.6) is 5.75 Å². The van der Waals surface area contributed by atoms with Crippen molar-refractivity contribution < 1.29 is 14.7 Å². The lowest BCUT2D eigenvalue weighted by Crippen LogP contribution is -2.12. The number of hydrogen-bond donors (Lipinski definition) is 2. The molecule has 0 spiro atoms. The van der Waals surface area contributed by atoms with Gasteiger partial charge in [0.05, 0.1) is 11.3 Å². The van der Waals surface area contributed by atoms with E-state index >= 15 is 0 Å². The van der Waals surface area contributed by atoms with Gasteiger partial charge < -0.3 is 10.4 Å². The molecule has 0 aliphatic rings. The Hall–Kier alpha value is -2.69. The zero-order valence-corrected chi connectivity index (χ0v) is 10.3.